The molecule has 7 nitrogen and oxygen atoms in total. The van der Waals surface area contributed by atoms with E-state index in [2.05, 4.69) is 10.6 Å². The number of carbonyl (C=O) groups excluding carboxylic acids is 2. The fourth-order valence-electron chi connectivity index (χ4n) is 2.60. The molecule has 0 aliphatic carbocycles. The van der Waals surface area contributed by atoms with Gasteiger partial charge in [-0.3, -0.25) is 19.7 Å². The van der Waals surface area contributed by atoms with E-state index in [1.165, 1.54) is 12.1 Å². The molecule has 0 saturated heterocycles. The second-order valence-electron chi connectivity index (χ2n) is 6.66. The largest absolute Gasteiger partial charge is 0.340 e. The number of halogens is 1. The van der Waals surface area contributed by atoms with Crippen LogP contribution in [0.25, 0.3) is 0 Å². The lowest BCUT2D eigenvalue weighted by Gasteiger charge is -2.22. The van der Waals surface area contributed by atoms with Gasteiger partial charge in [0, 0.05) is 17.8 Å². The van der Waals surface area contributed by atoms with Crippen LogP contribution in [0.4, 0.5) is 11.4 Å². The van der Waals surface area contributed by atoms with Gasteiger partial charge < -0.3 is 10.6 Å². The molecule has 2 rings (SSSR count). The molecule has 0 heterocycles. The third-order valence-electron chi connectivity index (χ3n) is 4.27. The lowest BCUT2D eigenvalue weighted by atomic mass is 10.0. The van der Waals surface area contributed by atoms with E-state index in [0.717, 1.165) is 18.1 Å². The summed E-state index contributed by atoms with van der Waals surface area (Å²) in [5.74, 6) is -1.11. The Morgan fingerprint density at radius 2 is 1.79 bits per heavy atom. The third-order valence-corrected chi connectivity index (χ3v) is 4.59. The van der Waals surface area contributed by atoms with Gasteiger partial charge in [-0.15, -0.1) is 0 Å². The Labute approximate surface area is 168 Å². The summed E-state index contributed by atoms with van der Waals surface area (Å²) in [7, 11) is 0. The molecule has 8 heteroatoms. The number of nitro groups is 1. The van der Waals surface area contributed by atoms with Crippen LogP contribution in [-0.2, 0) is 11.2 Å². The van der Waals surface area contributed by atoms with E-state index in [-0.39, 0.29) is 28.1 Å². The molecule has 2 N–H and O–H groups in total. The Kier molecular flexibility index (Phi) is 7.12. The highest BCUT2D eigenvalue weighted by Gasteiger charge is 2.26. The molecule has 0 fully saturated rings. The molecule has 0 spiro atoms. The van der Waals surface area contributed by atoms with Gasteiger partial charge in [0.15, 0.2) is 0 Å². The number of nitrogens with one attached hydrogen (secondary N) is 2. The number of hydrogen-bond donors (Lipinski definition) is 2. The molecule has 0 aliphatic rings. The van der Waals surface area contributed by atoms with Gasteiger partial charge in [-0.05, 0) is 36.1 Å². The Bertz CT molecular complexity index is 882. The Hall–Kier alpha value is -2.93. The average Bonchev–Trinajstić information content (AvgIpc) is 2.65. The second-order valence-corrected chi connectivity index (χ2v) is 7.06. The predicted octanol–water partition coefficient (Wildman–Crippen LogP) is 4.20. The quantitative estimate of drug-likeness (QED) is 0.534. The van der Waals surface area contributed by atoms with Crippen LogP contribution in [0.3, 0.4) is 0 Å². The zero-order valence-corrected chi connectivity index (χ0v) is 16.6. The van der Waals surface area contributed by atoms with Gasteiger partial charge >= 0.3 is 0 Å². The van der Waals surface area contributed by atoms with E-state index in [1.807, 2.05) is 45.0 Å². The summed E-state index contributed by atoms with van der Waals surface area (Å²) >= 11 is 6.00. The van der Waals surface area contributed by atoms with Crippen LogP contribution in [0.1, 0.15) is 36.7 Å². The van der Waals surface area contributed by atoms with Crippen molar-refractivity contribution in [2.24, 2.45) is 5.92 Å². The van der Waals surface area contributed by atoms with Gasteiger partial charge in [0.2, 0.25) is 5.91 Å². The molecule has 2 aromatic carbocycles. The minimum atomic E-state index is -0.801. The van der Waals surface area contributed by atoms with Crippen LogP contribution in [0.15, 0.2) is 42.5 Å². The summed E-state index contributed by atoms with van der Waals surface area (Å²) in [5.41, 5.74) is 1.64. The number of benzene rings is 2. The van der Waals surface area contributed by atoms with Crippen LogP contribution < -0.4 is 10.6 Å². The monoisotopic (exact) mass is 403 g/mol. The molecule has 0 aliphatic heterocycles. The first-order valence-electron chi connectivity index (χ1n) is 8.87. The predicted molar refractivity (Wildman–Crippen MR) is 109 cm³/mol. The smallest absolute Gasteiger partial charge is 0.270 e. The molecular weight excluding hydrogens is 382 g/mol. The first-order valence-corrected chi connectivity index (χ1v) is 9.25. The number of non-ortho nitro benzene ring substituents is 1. The van der Waals surface area contributed by atoms with Gasteiger partial charge in [0.1, 0.15) is 6.04 Å². The van der Waals surface area contributed by atoms with Crippen molar-refractivity contribution in [1.29, 1.82) is 0 Å². The summed E-state index contributed by atoms with van der Waals surface area (Å²) in [4.78, 5) is 35.4. The van der Waals surface area contributed by atoms with E-state index in [1.54, 1.807) is 0 Å². The Morgan fingerprint density at radius 3 is 2.29 bits per heavy atom. The highest BCUT2D eigenvalue weighted by atomic mass is 35.5. The van der Waals surface area contributed by atoms with E-state index in [9.17, 15) is 19.7 Å². The van der Waals surface area contributed by atoms with Crippen molar-refractivity contribution in [3.8, 4) is 0 Å². The molecular formula is C20H22ClN3O4. The van der Waals surface area contributed by atoms with E-state index >= 15 is 0 Å². The van der Waals surface area contributed by atoms with E-state index in [4.69, 9.17) is 11.6 Å². The van der Waals surface area contributed by atoms with E-state index < -0.39 is 16.9 Å². The number of amides is 2. The number of aryl methyl sites for hydroxylation is 1. The fraction of sp³-hybridized carbons (Fsp3) is 0.300. The van der Waals surface area contributed by atoms with Crippen LogP contribution in [0.5, 0.6) is 0 Å². The van der Waals surface area contributed by atoms with Crippen LogP contribution in [0.2, 0.25) is 5.02 Å². The minimum Gasteiger partial charge on any atom is -0.340 e. The highest BCUT2D eigenvalue weighted by Crippen LogP contribution is 2.23. The fourth-order valence-corrected chi connectivity index (χ4v) is 2.86. The lowest BCUT2D eigenvalue weighted by Crippen LogP contribution is -2.47. The van der Waals surface area contributed by atoms with Gasteiger partial charge in [-0.2, -0.15) is 0 Å². The molecule has 0 unspecified atom stereocenters. The van der Waals surface area contributed by atoms with Crippen molar-refractivity contribution in [3.05, 3.63) is 68.7 Å². The van der Waals surface area contributed by atoms with Crippen molar-refractivity contribution in [3.63, 3.8) is 0 Å². The topological polar surface area (TPSA) is 101 Å². The molecule has 2 aromatic rings. The number of nitro benzene ring substituents is 1. The SMILES string of the molecule is CCc1ccc(NC(=O)[C@@H](NC(=O)c2ccc([N+](=O)[O-])cc2Cl)C(C)C)cc1. The molecule has 148 valence electrons. The standard InChI is InChI=1S/C20H22ClN3O4/c1-4-13-5-7-14(8-6-13)22-20(26)18(12(2)3)23-19(25)16-10-9-15(24(27)28)11-17(16)21/h5-12,18H,4H2,1-3H3,(H,22,26)(H,23,25)/t18-/m0/s1. The van der Waals surface area contributed by atoms with Crippen molar-refractivity contribution >= 4 is 34.8 Å². The zero-order valence-electron chi connectivity index (χ0n) is 15.9. The van der Waals surface area contributed by atoms with Gasteiger partial charge in [-0.1, -0.05) is 44.5 Å². The summed E-state index contributed by atoms with van der Waals surface area (Å²) in [6.45, 7) is 5.66. The molecule has 0 aromatic heterocycles. The maximum atomic E-state index is 12.7. The van der Waals surface area contributed by atoms with Crippen molar-refractivity contribution in [1.82, 2.24) is 5.32 Å². The number of nitrogens with zero attached hydrogens (tertiary/aromatic N) is 1. The number of hydrogen-bond acceptors (Lipinski definition) is 4. The normalized spacial score (nSPS) is 11.8. The summed E-state index contributed by atoms with van der Waals surface area (Å²) < 4.78 is 0. The number of carbonyl (C=O) groups is 2. The molecule has 1 atom stereocenters. The van der Waals surface area contributed by atoms with Gasteiger partial charge in [0.05, 0.1) is 15.5 Å². The first kappa shape index (κ1) is 21.4. The minimum absolute atomic E-state index is 0.0511. The van der Waals surface area contributed by atoms with Crippen molar-refractivity contribution in [2.45, 2.75) is 33.2 Å². The lowest BCUT2D eigenvalue weighted by molar-refractivity contribution is -0.384. The maximum Gasteiger partial charge on any atom is 0.270 e. The maximum absolute atomic E-state index is 12.7. The summed E-state index contributed by atoms with van der Waals surface area (Å²) in [6.07, 6.45) is 0.898. The van der Waals surface area contributed by atoms with Crippen molar-refractivity contribution in [2.75, 3.05) is 5.32 Å². The summed E-state index contributed by atoms with van der Waals surface area (Å²) in [6, 6.07) is 10.2. The molecule has 0 radical (unpaired) electrons. The molecule has 0 bridgehead atoms. The Morgan fingerprint density at radius 1 is 1.14 bits per heavy atom. The Balaban J connectivity index is 2.13. The second kappa shape index (κ2) is 9.32. The molecule has 0 saturated carbocycles. The van der Waals surface area contributed by atoms with Crippen molar-refractivity contribution < 1.29 is 14.5 Å². The summed E-state index contributed by atoms with van der Waals surface area (Å²) in [5, 5.41) is 16.2. The van der Waals surface area contributed by atoms with Crippen LogP contribution >= 0.6 is 11.6 Å². The zero-order chi connectivity index (χ0) is 20.8. The highest BCUT2D eigenvalue weighted by molar-refractivity contribution is 6.34. The average molecular weight is 404 g/mol. The van der Waals surface area contributed by atoms with Crippen LogP contribution in [-0.4, -0.2) is 22.8 Å². The van der Waals surface area contributed by atoms with Gasteiger partial charge in [-0.25, -0.2) is 0 Å². The molecule has 28 heavy (non-hydrogen) atoms. The third kappa shape index (κ3) is 5.29. The van der Waals surface area contributed by atoms with Gasteiger partial charge in [0.25, 0.3) is 11.6 Å². The van der Waals surface area contributed by atoms with E-state index in [0.29, 0.717) is 5.69 Å². The molecule has 2 amide bonds. The number of anilines is 1. The first-order chi connectivity index (χ1) is 13.2. The number of rotatable bonds is 7. The van der Waals surface area contributed by atoms with Crippen LogP contribution in [0, 0.1) is 16.0 Å².